The minimum absolute atomic E-state index is 0.00140. The average molecular weight is 432 g/mol. The van der Waals surface area contributed by atoms with E-state index >= 15 is 0 Å². The Morgan fingerprint density at radius 1 is 1.43 bits per heavy atom. The van der Waals surface area contributed by atoms with Gasteiger partial charge < -0.3 is 25.3 Å². The van der Waals surface area contributed by atoms with Gasteiger partial charge in [-0.25, -0.2) is 18.8 Å². The average Bonchev–Trinajstić information content (AvgIpc) is 3.17. The predicted molar refractivity (Wildman–Crippen MR) is 94.2 cm³/mol. The lowest BCUT2D eigenvalue weighted by atomic mass is 9.85. The van der Waals surface area contributed by atoms with Crippen LogP contribution in [0.4, 0.5) is 23.2 Å². The number of ether oxygens (including phenoxy) is 1. The maximum Gasteiger partial charge on any atom is 0.310 e. The first-order valence-electron chi connectivity index (χ1n) is 8.13. The Labute approximate surface area is 166 Å². The van der Waals surface area contributed by atoms with E-state index in [-0.39, 0.29) is 23.7 Å². The van der Waals surface area contributed by atoms with E-state index < -0.39 is 48.1 Å². The molecule has 1 aliphatic heterocycles. The SMILES string of the molecule is C[C@]1(c2cc(NC(=O)c3coc(CF)n3)ccc2F)N=C(N)OCC1(F)F.O=CO. The first kappa shape index (κ1) is 22.6. The van der Waals surface area contributed by atoms with Crippen LogP contribution in [-0.2, 0) is 21.7 Å². The molecule has 0 radical (unpaired) electrons. The molecule has 1 atom stereocenters. The summed E-state index contributed by atoms with van der Waals surface area (Å²) in [4.78, 5) is 27.7. The highest BCUT2D eigenvalue weighted by atomic mass is 19.3. The molecule has 2 heterocycles. The maximum atomic E-state index is 14.4. The molecule has 4 N–H and O–H groups in total. The summed E-state index contributed by atoms with van der Waals surface area (Å²) >= 11 is 0. The molecule has 0 spiro atoms. The normalized spacial score (nSPS) is 19.6. The third kappa shape index (κ3) is 4.50. The summed E-state index contributed by atoms with van der Waals surface area (Å²) in [6.45, 7) is -1.31. The monoisotopic (exact) mass is 432 g/mol. The summed E-state index contributed by atoms with van der Waals surface area (Å²) in [5, 5.41) is 9.24. The molecule has 0 unspecified atom stereocenters. The molecule has 3 rings (SSSR count). The highest BCUT2D eigenvalue weighted by Crippen LogP contribution is 2.44. The van der Waals surface area contributed by atoms with Crippen molar-refractivity contribution in [3.8, 4) is 0 Å². The van der Waals surface area contributed by atoms with Gasteiger partial charge in [0.15, 0.2) is 24.5 Å². The lowest BCUT2D eigenvalue weighted by molar-refractivity contribution is -0.122. The number of amidine groups is 1. The fraction of sp³-hybridized carbons (Fsp3) is 0.294. The zero-order valence-corrected chi connectivity index (χ0v) is 15.4. The highest BCUT2D eigenvalue weighted by molar-refractivity contribution is 6.02. The van der Waals surface area contributed by atoms with Crippen LogP contribution in [0.1, 0.15) is 28.9 Å². The third-order valence-corrected chi connectivity index (χ3v) is 4.09. The summed E-state index contributed by atoms with van der Waals surface area (Å²) in [7, 11) is 0. The Kier molecular flexibility index (Phi) is 6.64. The largest absolute Gasteiger partial charge is 0.483 e. The number of hydrogen-bond acceptors (Lipinski definition) is 7. The molecule has 30 heavy (non-hydrogen) atoms. The van der Waals surface area contributed by atoms with Crippen molar-refractivity contribution in [1.29, 1.82) is 0 Å². The van der Waals surface area contributed by atoms with Gasteiger partial charge in [-0.15, -0.1) is 0 Å². The van der Waals surface area contributed by atoms with Gasteiger partial charge in [0.05, 0.1) is 0 Å². The highest BCUT2D eigenvalue weighted by Gasteiger charge is 2.56. The van der Waals surface area contributed by atoms with Crippen LogP contribution in [0.3, 0.4) is 0 Å². The van der Waals surface area contributed by atoms with E-state index in [1.165, 1.54) is 6.07 Å². The van der Waals surface area contributed by atoms with Crippen LogP contribution in [-0.4, -0.2) is 41.0 Å². The van der Waals surface area contributed by atoms with Crippen LogP contribution in [0.15, 0.2) is 33.9 Å². The van der Waals surface area contributed by atoms with Crippen molar-refractivity contribution >= 4 is 24.1 Å². The van der Waals surface area contributed by atoms with E-state index in [1.807, 2.05) is 0 Å². The smallest absolute Gasteiger partial charge is 0.310 e. The van der Waals surface area contributed by atoms with Crippen molar-refractivity contribution in [2.45, 2.75) is 25.1 Å². The number of amides is 1. The number of alkyl halides is 3. The Morgan fingerprint density at radius 3 is 2.70 bits per heavy atom. The van der Waals surface area contributed by atoms with Crippen LogP contribution in [0.5, 0.6) is 0 Å². The van der Waals surface area contributed by atoms with Gasteiger partial charge in [-0.3, -0.25) is 9.59 Å². The summed E-state index contributed by atoms with van der Waals surface area (Å²) < 4.78 is 64.8. The summed E-state index contributed by atoms with van der Waals surface area (Å²) in [6, 6.07) is 2.59. The number of nitrogens with two attached hydrogens (primary N) is 1. The number of anilines is 1. The van der Waals surface area contributed by atoms with Crippen molar-refractivity contribution < 1.29 is 41.4 Å². The summed E-state index contributed by atoms with van der Waals surface area (Å²) in [5.41, 5.74) is 2.33. The Morgan fingerprint density at radius 2 is 2.10 bits per heavy atom. The first-order valence-corrected chi connectivity index (χ1v) is 8.13. The molecule has 2 aromatic rings. The van der Waals surface area contributed by atoms with E-state index in [1.54, 1.807) is 0 Å². The first-order chi connectivity index (χ1) is 14.1. The number of nitrogens with zero attached hydrogens (tertiary/aromatic N) is 2. The molecule has 0 saturated heterocycles. The fourth-order valence-electron chi connectivity index (χ4n) is 2.54. The molecule has 0 bridgehead atoms. The molecule has 162 valence electrons. The Balaban J connectivity index is 0.00000101. The quantitative estimate of drug-likeness (QED) is 0.498. The van der Waals surface area contributed by atoms with Gasteiger partial charge in [-0.1, -0.05) is 0 Å². The van der Waals surface area contributed by atoms with Crippen molar-refractivity contribution in [2.75, 3.05) is 11.9 Å². The van der Waals surface area contributed by atoms with E-state index in [4.69, 9.17) is 20.1 Å². The number of aliphatic imine (C=N–C) groups is 1. The number of carbonyl (C=O) groups excluding carboxylic acids is 1. The number of aromatic nitrogens is 1. The molecule has 0 saturated carbocycles. The second-order valence-electron chi connectivity index (χ2n) is 6.03. The molecule has 1 aliphatic rings. The van der Waals surface area contributed by atoms with Gasteiger partial charge in [0.25, 0.3) is 18.4 Å². The van der Waals surface area contributed by atoms with E-state index in [0.29, 0.717) is 0 Å². The number of halogens is 4. The van der Waals surface area contributed by atoms with Crippen LogP contribution in [0.25, 0.3) is 0 Å². The van der Waals surface area contributed by atoms with Crippen LogP contribution >= 0.6 is 0 Å². The molecular weight excluding hydrogens is 416 g/mol. The van der Waals surface area contributed by atoms with Crippen molar-refractivity contribution in [1.82, 2.24) is 4.98 Å². The lowest BCUT2D eigenvalue weighted by Gasteiger charge is -2.37. The Hall–Kier alpha value is -3.64. The summed E-state index contributed by atoms with van der Waals surface area (Å²) in [5.74, 6) is -5.60. The topological polar surface area (TPSA) is 140 Å². The number of benzene rings is 1. The van der Waals surface area contributed by atoms with E-state index in [9.17, 15) is 22.4 Å². The standard InChI is InChI=1S/C16H14F4N4O3.CH2O2/c1-15(16(19,20)7-27-14(21)24-15)9-4-8(2-3-10(9)18)22-13(25)11-6-26-12(5-17)23-11;2-1-3/h2-4,6H,5,7H2,1H3,(H2,21,24)(H,22,25);1H,(H,2,3)/t15-;/m1./s1. The third-order valence-electron chi connectivity index (χ3n) is 4.09. The molecular formula is C17H16F4N4O5. The second-order valence-corrected chi connectivity index (χ2v) is 6.03. The summed E-state index contributed by atoms with van der Waals surface area (Å²) in [6.07, 6.45) is 0.938. The number of carboxylic acid groups (broad SMARTS) is 1. The van der Waals surface area contributed by atoms with Crippen LogP contribution < -0.4 is 11.1 Å². The molecule has 9 nitrogen and oxygen atoms in total. The minimum Gasteiger partial charge on any atom is -0.483 e. The molecule has 1 aromatic carbocycles. The van der Waals surface area contributed by atoms with Crippen molar-refractivity contribution in [3.05, 3.63) is 47.4 Å². The van der Waals surface area contributed by atoms with Crippen LogP contribution in [0.2, 0.25) is 0 Å². The molecule has 1 amide bonds. The van der Waals surface area contributed by atoms with Gasteiger partial charge >= 0.3 is 5.92 Å². The Bertz CT molecular complexity index is 965. The lowest BCUT2D eigenvalue weighted by Crippen LogP contribution is -2.51. The number of carbonyl (C=O) groups is 2. The predicted octanol–water partition coefficient (Wildman–Crippen LogP) is 2.43. The van der Waals surface area contributed by atoms with Gasteiger partial charge in [0.2, 0.25) is 5.89 Å². The number of nitrogens with one attached hydrogen (secondary N) is 1. The van der Waals surface area contributed by atoms with Gasteiger partial charge in [-0.2, -0.15) is 8.78 Å². The second kappa shape index (κ2) is 8.80. The van der Waals surface area contributed by atoms with Crippen molar-refractivity contribution in [2.24, 2.45) is 10.7 Å². The molecule has 0 aliphatic carbocycles. The van der Waals surface area contributed by atoms with Crippen molar-refractivity contribution in [3.63, 3.8) is 0 Å². The molecule has 1 aromatic heterocycles. The molecule has 0 fully saturated rings. The van der Waals surface area contributed by atoms with Crippen LogP contribution in [0, 0.1) is 5.82 Å². The minimum atomic E-state index is -3.55. The van der Waals surface area contributed by atoms with Gasteiger partial charge in [0, 0.05) is 11.3 Å². The van der Waals surface area contributed by atoms with E-state index in [2.05, 4.69) is 20.0 Å². The molecule has 13 heteroatoms. The number of rotatable bonds is 4. The zero-order chi connectivity index (χ0) is 22.5. The fourth-order valence-corrected chi connectivity index (χ4v) is 2.54. The van der Waals surface area contributed by atoms with Gasteiger partial charge in [-0.05, 0) is 25.1 Å². The number of hydrogen-bond donors (Lipinski definition) is 3. The zero-order valence-electron chi connectivity index (χ0n) is 15.4. The van der Waals surface area contributed by atoms with E-state index in [0.717, 1.165) is 25.3 Å². The van der Waals surface area contributed by atoms with Gasteiger partial charge in [0.1, 0.15) is 12.1 Å². The maximum absolute atomic E-state index is 14.4. The number of oxazole rings is 1.